The first kappa shape index (κ1) is 28.4. The number of anilines is 1. The minimum Gasteiger partial charge on any atom is -0.508 e. The van der Waals surface area contributed by atoms with E-state index < -0.39 is 17.7 Å². The van der Waals surface area contributed by atoms with Crippen molar-refractivity contribution in [2.75, 3.05) is 25.1 Å². The lowest BCUT2D eigenvalue weighted by molar-refractivity contribution is 0.0224. The quantitative estimate of drug-likeness (QED) is 0.154. The van der Waals surface area contributed by atoms with Crippen LogP contribution in [0, 0.1) is 0 Å². The number of esters is 1. The van der Waals surface area contributed by atoms with Crippen molar-refractivity contribution in [3.8, 4) is 28.7 Å². The highest BCUT2D eigenvalue weighted by atomic mass is 16.6. The number of aromatic hydroxyl groups is 2. The van der Waals surface area contributed by atoms with Gasteiger partial charge in [-0.15, -0.1) is 0 Å². The predicted octanol–water partition coefficient (Wildman–Crippen LogP) is 5.43. The van der Waals surface area contributed by atoms with E-state index in [4.69, 9.17) is 18.9 Å². The molecule has 11 nitrogen and oxygen atoms in total. The van der Waals surface area contributed by atoms with Crippen molar-refractivity contribution >= 4 is 23.7 Å². The zero-order chi connectivity index (χ0) is 30.8. The Balaban J connectivity index is 1.15. The fraction of sp³-hybridized carbons (Fsp3) is 0.182. The van der Waals surface area contributed by atoms with Crippen LogP contribution in [0.2, 0.25) is 0 Å². The molecule has 6 rings (SSSR count). The monoisotopic (exact) mass is 596 g/mol. The molecule has 1 spiro atoms. The van der Waals surface area contributed by atoms with Gasteiger partial charge in [0, 0.05) is 46.6 Å². The summed E-state index contributed by atoms with van der Waals surface area (Å²) in [5, 5.41) is 25.6. The standard InChI is InChI=1S/C33H28N2O9/c1-2-12-34-30(38)19-4-3-5-23(15-19)41-13-14-42-32(40)35-20-6-9-25-24(16-20)31(39)44-33(25)26-10-7-21(36)17-28(26)43-29-18-22(37)8-11-27(29)33/h3-11,15-18,36-37H,2,12-14H2,1H3,(H,34,38)(H,35,40). The third-order valence-corrected chi connectivity index (χ3v) is 7.24. The van der Waals surface area contributed by atoms with Crippen molar-refractivity contribution in [1.82, 2.24) is 5.32 Å². The zero-order valence-electron chi connectivity index (χ0n) is 23.6. The Hall–Kier alpha value is -5.71. The van der Waals surface area contributed by atoms with Gasteiger partial charge in [-0.1, -0.05) is 19.1 Å². The van der Waals surface area contributed by atoms with Crippen LogP contribution >= 0.6 is 0 Å². The molecule has 0 saturated carbocycles. The second kappa shape index (κ2) is 11.5. The molecule has 2 heterocycles. The number of carbonyl (C=O) groups excluding carboxylic acids is 3. The Morgan fingerprint density at radius 2 is 1.57 bits per heavy atom. The maximum Gasteiger partial charge on any atom is 0.411 e. The van der Waals surface area contributed by atoms with Gasteiger partial charge < -0.3 is 34.5 Å². The summed E-state index contributed by atoms with van der Waals surface area (Å²) < 4.78 is 22.9. The van der Waals surface area contributed by atoms with E-state index in [0.717, 1.165) is 6.42 Å². The summed E-state index contributed by atoms with van der Waals surface area (Å²) in [6.07, 6.45) is 0.0732. The molecule has 224 valence electrons. The third kappa shape index (κ3) is 5.19. The number of benzene rings is 4. The summed E-state index contributed by atoms with van der Waals surface area (Å²) in [5.74, 6) is 0.0898. The largest absolute Gasteiger partial charge is 0.508 e. The van der Waals surface area contributed by atoms with Crippen LogP contribution in [-0.2, 0) is 15.1 Å². The second-order valence-corrected chi connectivity index (χ2v) is 10.2. The van der Waals surface area contributed by atoms with E-state index in [1.165, 1.54) is 30.3 Å². The number of ether oxygens (including phenoxy) is 4. The van der Waals surface area contributed by atoms with Gasteiger partial charge in [-0.05, 0) is 61.0 Å². The molecular formula is C33H28N2O9. The molecular weight excluding hydrogens is 568 g/mol. The normalized spacial score (nSPS) is 13.5. The van der Waals surface area contributed by atoms with E-state index in [9.17, 15) is 24.6 Å². The van der Waals surface area contributed by atoms with Crippen molar-refractivity contribution < 1.29 is 43.5 Å². The Kier molecular flexibility index (Phi) is 7.44. The van der Waals surface area contributed by atoms with Crippen LogP contribution in [0.5, 0.6) is 28.7 Å². The lowest BCUT2D eigenvalue weighted by atomic mass is 9.77. The number of rotatable bonds is 8. The molecule has 2 amide bonds. The smallest absolute Gasteiger partial charge is 0.411 e. The summed E-state index contributed by atoms with van der Waals surface area (Å²) in [7, 11) is 0. The summed E-state index contributed by atoms with van der Waals surface area (Å²) in [6.45, 7) is 2.53. The van der Waals surface area contributed by atoms with Gasteiger partial charge in [0.05, 0.1) is 5.56 Å². The maximum atomic E-state index is 13.2. The van der Waals surface area contributed by atoms with Crippen LogP contribution in [0.15, 0.2) is 78.9 Å². The Morgan fingerprint density at radius 3 is 2.27 bits per heavy atom. The van der Waals surface area contributed by atoms with Gasteiger partial charge in [-0.25, -0.2) is 9.59 Å². The van der Waals surface area contributed by atoms with Gasteiger partial charge in [-0.3, -0.25) is 10.1 Å². The number of nitrogens with one attached hydrogen (secondary N) is 2. The van der Waals surface area contributed by atoms with Crippen LogP contribution in [0.3, 0.4) is 0 Å². The molecule has 0 atom stereocenters. The number of phenolic OH excluding ortho intramolecular Hbond substituents is 2. The van der Waals surface area contributed by atoms with Gasteiger partial charge in [0.2, 0.25) is 0 Å². The number of carbonyl (C=O) groups is 3. The molecule has 0 unspecified atom stereocenters. The molecule has 11 heteroatoms. The van der Waals surface area contributed by atoms with Crippen molar-refractivity contribution in [2.45, 2.75) is 18.9 Å². The van der Waals surface area contributed by atoms with Crippen molar-refractivity contribution in [3.63, 3.8) is 0 Å². The highest BCUT2D eigenvalue weighted by Crippen LogP contribution is 2.57. The summed E-state index contributed by atoms with van der Waals surface area (Å²) in [5.41, 5.74) is 1.08. The van der Waals surface area contributed by atoms with Gasteiger partial charge in [0.25, 0.3) is 5.91 Å². The topological polar surface area (TPSA) is 153 Å². The lowest BCUT2D eigenvalue weighted by Crippen LogP contribution is -2.32. The molecule has 2 aliphatic heterocycles. The maximum absolute atomic E-state index is 13.2. The molecule has 0 bridgehead atoms. The molecule has 0 radical (unpaired) electrons. The average Bonchev–Trinajstić information content (AvgIpc) is 3.29. The highest BCUT2D eigenvalue weighted by molar-refractivity contribution is 5.99. The molecule has 4 aromatic rings. The molecule has 0 aliphatic carbocycles. The Labute approximate surface area is 252 Å². The Bertz CT molecular complexity index is 1730. The first-order valence-corrected chi connectivity index (χ1v) is 14.0. The van der Waals surface area contributed by atoms with Crippen molar-refractivity contribution in [2.24, 2.45) is 0 Å². The first-order chi connectivity index (χ1) is 21.3. The summed E-state index contributed by atoms with van der Waals surface area (Å²) >= 11 is 0. The molecule has 2 aliphatic rings. The molecule has 4 N–H and O–H groups in total. The zero-order valence-corrected chi connectivity index (χ0v) is 23.6. The second-order valence-electron chi connectivity index (χ2n) is 10.2. The summed E-state index contributed by atoms with van der Waals surface area (Å²) in [6, 6.07) is 20.5. The van der Waals surface area contributed by atoms with E-state index in [0.29, 0.717) is 40.2 Å². The molecule has 44 heavy (non-hydrogen) atoms. The van der Waals surface area contributed by atoms with Gasteiger partial charge in [-0.2, -0.15) is 0 Å². The van der Waals surface area contributed by atoms with E-state index in [1.807, 2.05) is 6.92 Å². The van der Waals surface area contributed by atoms with Crippen LogP contribution in [-0.4, -0.2) is 47.9 Å². The van der Waals surface area contributed by atoms with Crippen LogP contribution < -0.4 is 20.1 Å². The number of hydrogen-bond acceptors (Lipinski definition) is 9. The van der Waals surface area contributed by atoms with Crippen molar-refractivity contribution in [1.29, 1.82) is 0 Å². The van der Waals surface area contributed by atoms with Gasteiger partial charge in [0.1, 0.15) is 42.0 Å². The number of fused-ring (bicyclic) bond motifs is 6. The fourth-order valence-electron chi connectivity index (χ4n) is 5.30. The fourth-order valence-corrected chi connectivity index (χ4v) is 5.30. The molecule has 0 aromatic heterocycles. The minimum absolute atomic E-state index is 0.0427. The first-order valence-electron chi connectivity index (χ1n) is 14.0. The summed E-state index contributed by atoms with van der Waals surface area (Å²) in [4.78, 5) is 37.9. The van der Waals surface area contributed by atoms with Gasteiger partial charge in [0.15, 0.2) is 5.60 Å². The number of phenols is 2. The van der Waals surface area contributed by atoms with E-state index in [2.05, 4.69) is 10.6 Å². The van der Waals surface area contributed by atoms with Crippen molar-refractivity contribution in [3.05, 3.63) is 107 Å². The Morgan fingerprint density at radius 1 is 0.864 bits per heavy atom. The SMILES string of the molecule is CCCNC(=O)c1cccc(OCCOC(=O)Nc2ccc3c(c2)C(=O)OC32c3ccc(O)cc3Oc3cc(O)ccc32)c1. The predicted molar refractivity (Wildman–Crippen MR) is 158 cm³/mol. The molecule has 0 fully saturated rings. The van der Waals surface area contributed by atoms with Crippen LogP contribution in [0.1, 0.15) is 50.8 Å². The third-order valence-electron chi connectivity index (χ3n) is 7.24. The van der Waals surface area contributed by atoms with Crippen LogP contribution in [0.4, 0.5) is 10.5 Å². The number of amides is 2. The highest BCUT2D eigenvalue weighted by Gasteiger charge is 2.53. The number of hydrogen-bond donors (Lipinski definition) is 4. The van der Waals surface area contributed by atoms with E-state index in [1.54, 1.807) is 48.5 Å². The minimum atomic E-state index is -1.40. The van der Waals surface area contributed by atoms with E-state index in [-0.39, 0.29) is 47.7 Å². The van der Waals surface area contributed by atoms with E-state index >= 15 is 0 Å². The molecule has 0 saturated heterocycles. The lowest BCUT2D eigenvalue weighted by Gasteiger charge is -2.36. The van der Waals surface area contributed by atoms with Crippen LogP contribution in [0.25, 0.3) is 0 Å². The van der Waals surface area contributed by atoms with Gasteiger partial charge >= 0.3 is 12.1 Å². The average molecular weight is 597 g/mol. The molecule has 4 aromatic carbocycles.